The lowest BCUT2D eigenvalue weighted by Crippen LogP contribution is -2.11. The molecule has 0 heterocycles. The Balaban J connectivity index is 3.39. The first-order valence-electron chi connectivity index (χ1n) is 3.84. The van der Waals surface area contributed by atoms with Gasteiger partial charge in [0.1, 0.15) is 5.82 Å². The van der Waals surface area contributed by atoms with E-state index in [1.807, 2.05) is 0 Å². The van der Waals surface area contributed by atoms with Gasteiger partial charge in [-0.3, -0.25) is 0 Å². The largest absolute Gasteiger partial charge is 0.478 e. The molecule has 6 heteroatoms. The summed E-state index contributed by atoms with van der Waals surface area (Å²) in [5, 5.41) is 8.46. The van der Waals surface area contributed by atoms with Gasteiger partial charge in [-0.25, -0.2) is 9.18 Å². The maximum atomic E-state index is 12.9. The molecule has 0 atom stereocenters. The average molecular weight is 222 g/mol. The number of aryl methyl sites for hydroxylation is 1. The van der Waals surface area contributed by atoms with Crippen LogP contribution in [0, 0.1) is 12.7 Å². The molecule has 0 bridgehead atoms. The maximum Gasteiger partial charge on any atom is 0.416 e. The molecule has 2 nitrogen and oxygen atoms in total. The van der Waals surface area contributed by atoms with E-state index in [1.54, 1.807) is 0 Å². The van der Waals surface area contributed by atoms with Crippen molar-refractivity contribution in [2.24, 2.45) is 0 Å². The molecule has 1 aromatic carbocycles. The molecule has 1 aromatic rings. The van der Waals surface area contributed by atoms with Crippen molar-refractivity contribution in [2.45, 2.75) is 13.1 Å². The predicted octanol–water partition coefficient (Wildman–Crippen LogP) is 2.85. The molecule has 82 valence electrons. The van der Waals surface area contributed by atoms with Crippen LogP contribution in [0.25, 0.3) is 0 Å². The minimum Gasteiger partial charge on any atom is -0.478 e. The molecular weight excluding hydrogens is 216 g/mol. The number of carbonyl (C=O) groups is 1. The smallest absolute Gasteiger partial charge is 0.416 e. The Morgan fingerprint density at radius 1 is 1.33 bits per heavy atom. The Morgan fingerprint density at radius 2 is 1.87 bits per heavy atom. The van der Waals surface area contributed by atoms with Crippen molar-refractivity contribution >= 4 is 5.97 Å². The van der Waals surface area contributed by atoms with E-state index in [2.05, 4.69) is 0 Å². The van der Waals surface area contributed by atoms with E-state index < -0.39 is 29.1 Å². The van der Waals surface area contributed by atoms with Gasteiger partial charge in [-0.05, 0) is 24.6 Å². The lowest BCUT2D eigenvalue weighted by molar-refractivity contribution is -0.138. The van der Waals surface area contributed by atoms with Gasteiger partial charge in [-0.15, -0.1) is 0 Å². The predicted molar refractivity (Wildman–Crippen MR) is 43.1 cm³/mol. The van der Waals surface area contributed by atoms with E-state index in [-0.39, 0.29) is 11.6 Å². The average Bonchev–Trinajstić information content (AvgIpc) is 2.06. The number of benzene rings is 1. The van der Waals surface area contributed by atoms with Crippen molar-refractivity contribution in [1.82, 2.24) is 0 Å². The van der Waals surface area contributed by atoms with Gasteiger partial charge in [-0.2, -0.15) is 13.2 Å². The number of alkyl halides is 3. The lowest BCUT2D eigenvalue weighted by atomic mass is 10.0. The molecule has 0 spiro atoms. The number of hydrogen-bond acceptors (Lipinski definition) is 1. The highest BCUT2D eigenvalue weighted by molar-refractivity contribution is 5.88. The Bertz CT molecular complexity index is 409. The van der Waals surface area contributed by atoms with Gasteiger partial charge in [0.05, 0.1) is 11.1 Å². The maximum absolute atomic E-state index is 12.9. The van der Waals surface area contributed by atoms with Gasteiger partial charge in [-0.1, -0.05) is 0 Å². The minimum atomic E-state index is -4.68. The van der Waals surface area contributed by atoms with Crippen LogP contribution in [-0.2, 0) is 6.18 Å². The molecule has 0 saturated carbocycles. The van der Waals surface area contributed by atoms with Crippen LogP contribution in [0.4, 0.5) is 17.6 Å². The third-order valence-electron chi connectivity index (χ3n) is 1.85. The van der Waals surface area contributed by atoms with E-state index >= 15 is 0 Å². The highest BCUT2D eigenvalue weighted by Crippen LogP contribution is 2.33. The topological polar surface area (TPSA) is 37.3 Å². The third kappa shape index (κ3) is 2.26. The van der Waals surface area contributed by atoms with Crippen molar-refractivity contribution in [1.29, 1.82) is 0 Å². The number of halogens is 4. The normalized spacial score (nSPS) is 11.5. The van der Waals surface area contributed by atoms with E-state index in [9.17, 15) is 22.4 Å². The van der Waals surface area contributed by atoms with Gasteiger partial charge >= 0.3 is 12.1 Å². The molecule has 0 aromatic heterocycles. The first kappa shape index (κ1) is 11.5. The molecule has 1 rings (SSSR count). The molecule has 0 aliphatic carbocycles. The number of carboxylic acids is 1. The summed E-state index contributed by atoms with van der Waals surface area (Å²) in [6.07, 6.45) is -4.68. The molecular formula is C9H6F4O2. The van der Waals surface area contributed by atoms with E-state index in [0.717, 1.165) is 6.92 Å². The zero-order valence-corrected chi connectivity index (χ0v) is 7.52. The Hall–Kier alpha value is -1.59. The minimum absolute atomic E-state index is 0.193. The number of hydrogen-bond donors (Lipinski definition) is 1. The molecule has 0 saturated heterocycles. The first-order valence-corrected chi connectivity index (χ1v) is 3.84. The summed E-state index contributed by atoms with van der Waals surface area (Å²) in [6, 6.07) is 0.860. The first-order chi connectivity index (χ1) is 6.73. The van der Waals surface area contributed by atoms with Gasteiger partial charge in [0, 0.05) is 0 Å². The Morgan fingerprint density at radius 3 is 2.27 bits per heavy atom. The summed E-state index contributed by atoms with van der Waals surface area (Å²) in [5.41, 5.74) is -2.24. The summed E-state index contributed by atoms with van der Waals surface area (Å²) in [5.74, 6) is -2.98. The number of rotatable bonds is 1. The SMILES string of the molecule is Cc1cc(C(=O)O)c(F)cc1C(F)(F)F. The summed E-state index contributed by atoms with van der Waals surface area (Å²) in [6.45, 7) is 1.08. The monoisotopic (exact) mass is 222 g/mol. The molecule has 0 amide bonds. The van der Waals surface area contributed by atoms with Crippen molar-refractivity contribution in [2.75, 3.05) is 0 Å². The second kappa shape index (κ2) is 3.52. The Kier molecular flexibility index (Phi) is 2.70. The van der Waals surface area contributed by atoms with Crippen molar-refractivity contribution in [3.05, 3.63) is 34.6 Å². The van der Waals surface area contributed by atoms with Crippen LogP contribution in [0.1, 0.15) is 21.5 Å². The lowest BCUT2D eigenvalue weighted by Gasteiger charge is -2.11. The fourth-order valence-corrected chi connectivity index (χ4v) is 1.15. The molecule has 1 N–H and O–H groups in total. The molecule has 0 unspecified atom stereocenters. The molecule has 0 fully saturated rings. The molecule has 15 heavy (non-hydrogen) atoms. The van der Waals surface area contributed by atoms with Crippen molar-refractivity contribution in [3.63, 3.8) is 0 Å². The molecule has 0 radical (unpaired) electrons. The van der Waals surface area contributed by atoms with Crippen LogP contribution < -0.4 is 0 Å². The van der Waals surface area contributed by atoms with E-state index in [4.69, 9.17) is 5.11 Å². The van der Waals surface area contributed by atoms with Crippen LogP contribution >= 0.6 is 0 Å². The zero-order valence-electron chi connectivity index (χ0n) is 7.52. The highest BCUT2D eigenvalue weighted by atomic mass is 19.4. The van der Waals surface area contributed by atoms with Crippen LogP contribution in [0.5, 0.6) is 0 Å². The van der Waals surface area contributed by atoms with Crippen LogP contribution in [0.15, 0.2) is 12.1 Å². The van der Waals surface area contributed by atoms with Gasteiger partial charge in [0.15, 0.2) is 0 Å². The number of carboxylic acid groups (broad SMARTS) is 1. The van der Waals surface area contributed by atoms with E-state index in [0.29, 0.717) is 6.07 Å². The van der Waals surface area contributed by atoms with Crippen LogP contribution in [-0.4, -0.2) is 11.1 Å². The van der Waals surface area contributed by atoms with Gasteiger partial charge in [0.25, 0.3) is 0 Å². The van der Waals surface area contributed by atoms with E-state index in [1.165, 1.54) is 0 Å². The summed E-state index contributed by atoms with van der Waals surface area (Å²) in [4.78, 5) is 10.4. The highest BCUT2D eigenvalue weighted by Gasteiger charge is 2.33. The standard InChI is InChI=1S/C9H6F4O2/c1-4-2-5(8(14)15)7(10)3-6(4)9(11,12)13/h2-3H,1H3,(H,14,15). The Labute approximate surface area is 82.1 Å². The van der Waals surface area contributed by atoms with Crippen LogP contribution in [0.3, 0.4) is 0 Å². The van der Waals surface area contributed by atoms with Crippen molar-refractivity contribution in [3.8, 4) is 0 Å². The third-order valence-corrected chi connectivity index (χ3v) is 1.85. The van der Waals surface area contributed by atoms with Crippen molar-refractivity contribution < 1.29 is 27.5 Å². The summed E-state index contributed by atoms with van der Waals surface area (Å²) < 4.78 is 49.7. The van der Waals surface area contributed by atoms with Gasteiger partial charge < -0.3 is 5.11 Å². The molecule has 0 aliphatic rings. The van der Waals surface area contributed by atoms with Crippen LogP contribution in [0.2, 0.25) is 0 Å². The second-order valence-electron chi connectivity index (χ2n) is 2.95. The quantitative estimate of drug-likeness (QED) is 0.742. The number of aromatic carboxylic acids is 1. The fraction of sp³-hybridized carbons (Fsp3) is 0.222. The zero-order chi connectivity index (χ0) is 11.8. The molecule has 0 aliphatic heterocycles. The summed E-state index contributed by atoms with van der Waals surface area (Å²) >= 11 is 0. The van der Waals surface area contributed by atoms with Gasteiger partial charge in [0.2, 0.25) is 0 Å². The fourth-order valence-electron chi connectivity index (χ4n) is 1.15. The summed E-state index contributed by atoms with van der Waals surface area (Å²) in [7, 11) is 0. The second-order valence-corrected chi connectivity index (χ2v) is 2.95.